The van der Waals surface area contributed by atoms with E-state index in [0.29, 0.717) is 23.7 Å². The standard InChI is InChI=1S/C16H14O4/c1-10(16(17)18)11-6-7-14-15(8-11)20-13-5-3-2-4-12(13)9-19-14/h2-8,10H,9H2,1H3,(H,17,18)/t10-/m0/s1. The van der Waals surface area contributed by atoms with Crippen molar-refractivity contribution in [3.63, 3.8) is 0 Å². The molecule has 0 saturated carbocycles. The lowest BCUT2D eigenvalue weighted by molar-refractivity contribution is -0.138. The van der Waals surface area contributed by atoms with Gasteiger partial charge in [0.1, 0.15) is 12.4 Å². The predicted molar refractivity (Wildman–Crippen MR) is 73.3 cm³/mol. The predicted octanol–water partition coefficient (Wildman–Crippen LogP) is 3.56. The van der Waals surface area contributed by atoms with Crippen molar-refractivity contribution < 1.29 is 19.4 Å². The van der Waals surface area contributed by atoms with E-state index in [2.05, 4.69) is 0 Å². The molecule has 2 aromatic rings. The van der Waals surface area contributed by atoms with Gasteiger partial charge in [0.15, 0.2) is 11.5 Å². The van der Waals surface area contributed by atoms with Gasteiger partial charge in [0, 0.05) is 5.56 Å². The Hall–Kier alpha value is -2.49. The summed E-state index contributed by atoms with van der Waals surface area (Å²) >= 11 is 0. The topological polar surface area (TPSA) is 55.8 Å². The first-order chi connectivity index (χ1) is 9.65. The van der Waals surface area contributed by atoms with Gasteiger partial charge in [0.25, 0.3) is 0 Å². The second kappa shape index (κ2) is 4.89. The zero-order chi connectivity index (χ0) is 14.1. The number of carboxylic acids is 1. The minimum absolute atomic E-state index is 0.441. The smallest absolute Gasteiger partial charge is 0.310 e. The van der Waals surface area contributed by atoms with E-state index in [1.165, 1.54) is 0 Å². The lowest BCUT2D eigenvalue weighted by Gasteiger charge is -2.11. The lowest BCUT2D eigenvalue weighted by atomic mass is 10.0. The maximum Gasteiger partial charge on any atom is 0.310 e. The number of para-hydroxylation sites is 1. The van der Waals surface area contributed by atoms with Crippen molar-refractivity contribution in [2.75, 3.05) is 0 Å². The molecule has 4 nitrogen and oxygen atoms in total. The average Bonchev–Trinajstić information content (AvgIpc) is 2.64. The van der Waals surface area contributed by atoms with Gasteiger partial charge in [-0.25, -0.2) is 0 Å². The Bertz CT molecular complexity index is 663. The maximum atomic E-state index is 11.1. The number of fused-ring (bicyclic) bond motifs is 2. The summed E-state index contributed by atoms with van der Waals surface area (Å²) in [6.45, 7) is 2.09. The molecule has 0 fully saturated rings. The highest BCUT2D eigenvalue weighted by atomic mass is 16.5. The Kier molecular flexibility index (Phi) is 3.06. The molecule has 0 amide bonds. The molecule has 1 heterocycles. The zero-order valence-electron chi connectivity index (χ0n) is 11.0. The van der Waals surface area contributed by atoms with Gasteiger partial charge in [-0.05, 0) is 30.7 Å². The molecule has 1 N–H and O–H groups in total. The van der Waals surface area contributed by atoms with Crippen molar-refractivity contribution >= 4 is 5.97 Å². The molecule has 0 unspecified atom stereocenters. The molecule has 1 atom stereocenters. The normalized spacial score (nSPS) is 14.1. The van der Waals surface area contributed by atoms with E-state index < -0.39 is 11.9 Å². The summed E-state index contributed by atoms with van der Waals surface area (Å²) in [5.41, 5.74) is 1.66. The second-order valence-corrected chi connectivity index (χ2v) is 4.76. The van der Waals surface area contributed by atoms with Crippen LogP contribution in [0.2, 0.25) is 0 Å². The van der Waals surface area contributed by atoms with Crippen molar-refractivity contribution in [3.05, 3.63) is 53.6 Å². The van der Waals surface area contributed by atoms with Crippen molar-refractivity contribution in [3.8, 4) is 17.2 Å². The molecule has 20 heavy (non-hydrogen) atoms. The summed E-state index contributed by atoms with van der Waals surface area (Å²) < 4.78 is 11.6. The lowest BCUT2D eigenvalue weighted by Crippen LogP contribution is -2.07. The quantitative estimate of drug-likeness (QED) is 0.906. The van der Waals surface area contributed by atoms with Crippen LogP contribution in [0.5, 0.6) is 17.2 Å². The van der Waals surface area contributed by atoms with Gasteiger partial charge in [-0.3, -0.25) is 4.79 Å². The fourth-order valence-corrected chi connectivity index (χ4v) is 2.13. The van der Waals surface area contributed by atoms with Gasteiger partial charge in [-0.1, -0.05) is 24.3 Å². The number of aliphatic carboxylic acids is 1. The zero-order valence-corrected chi connectivity index (χ0v) is 11.0. The third-order valence-electron chi connectivity index (χ3n) is 3.41. The average molecular weight is 270 g/mol. The summed E-state index contributed by atoms with van der Waals surface area (Å²) in [4.78, 5) is 11.1. The fourth-order valence-electron chi connectivity index (χ4n) is 2.13. The SMILES string of the molecule is C[C@H](C(=O)O)c1ccc2c(c1)Oc1ccccc1CO2. The van der Waals surface area contributed by atoms with E-state index in [9.17, 15) is 4.79 Å². The third kappa shape index (κ3) is 2.20. The molecule has 1 aliphatic rings. The van der Waals surface area contributed by atoms with E-state index >= 15 is 0 Å². The first kappa shape index (κ1) is 12.5. The Morgan fingerprint density at radius 2 is 1.95 bits per heavy atom. The van der Waals surface area contributed by atoms with Gasteiger partial charge in [0.05, 0.1) is 5.92 Å². The number of benzene rings is 2. The molecule has 102 valence electrons. The van der Waals surface area contributed by atoms with E-state index in [-0.39, 0.29) is 0 Å². The van der Waals surface area contributed by atoms with Gasteiger partial charge in [-0.2, -0.15) is 0 Å². The summed E-state index contributed by atoms with van der Waals surface area (Å²) in [5.74, 6) is 0.483. The van der Waals surface area contributed by atoms with Crippen LogP contribution in [0.4, 0.5) is 0 Å². The van der Waals surface area contributed by atoms with Crippen molar-refractivity contribution in [1.82, 2.24) is 0 Å². The van der Waals surface area contributed by atoms with E-state index in [1.807, 2.05) is 24.3 Å². The maximum absolute atomic E-state index is 11.1. The minimum atomic E-state index is -0.861. The summed E-state index contributed by atoms with van der Waals surface area (Å²) in [7, 11) is 0. The molecule has 2 aromatic carbocycles. The van der Waals surface area contributed by atoms with Crippen LogP contribution in [0.15, 0.2) is 42.5 Å². The second-order valence-electron chi connectivity index (χ2n) is 4.76. The molecule has 0 bridgehead atoms. The highest BCUT2D eigenvalue weighted by Crippen LogP contribution is 2.39. The number of carbonyl (C=O) groups is 1. The highest BCUT2D eigenvalue weighted by Gasteiger charge is 2.19. The molecular weight excluding hydrogens is 256 g/mol. The van der Waals surface area contributed by atoms with Crippen LogP contribution in [-0.2, 0) is 11.4 Å². The van der Waals surface area contributed by atoms with Crippen LogP contribution < -0.4 is 9.47 Å². The first-order valence-corrected chi connectivity index (χ1v) is 6.40. The molecule has 4 heteroatoms. The molecule has 0 saturated heterocycles. The monoisotopic (exact) mass is 270 g/mol. The third-order valence-corrected chi connectivity index (χ3v) is 3.41. The first-order valence-electron chi connectivity index (χ1n) is 6.40. The van der Waals surface area contributed by atoms with Gasteiger partial charge >= 0.3 is 5.97 Å². The van der Waals surface area contributed by atoms with E-state index in [4.69, 9.17) is 14.6 Å². The van der Waals surface area contributed by atoms with Crippen LogP contribution >= 0.6 is 0 Å². The largest absolute Gasteiger partial charge is 0.485 e. The number of rotatable bonds is 2. The molecule has 3 rings (SSSR count). The molecule has 0 aromatic heterocycles. The molecular formula is C16H14O4. The Morgan fingerprint density at radius 3 is 2.75 bits per heavy atom. The van der Waals surface area contributed by atoms with E-state index in [1.54, 1.807) is 25.1 Å². The minimum Gasteiger partial charge on any atom is -0.485 e. The fraction of sp³-hybridized carbons (Fsp3) is 0.188. The van der Waals surface area contributed by atoms with Crippen molar-refractivity contribution in [2.24, 2.45) is 0 Å². The van der Waals surface area contributed by atoms with Crippen LogP contribution in [0.3, 0.4) is 0 Å². The summed E-state index contributed by atoms with van der Waals surface area (Å²) in [5, 5.41) is 9.08. The molecule has 0 radical (unpaired) electrons. The number of hydrogen-bond donors (Lipinski definition) is 1. The van der Waals surface area contributed by atoms with Crippen LogP contribution in [-0.4, -0.2) is 11.1 Å². The molecule has 1 aliphatic heterocycles. The molecule has 0 spiro atoms. The van der Waals surface area contributed by atoms with E-state index in [0.717, 1.165) is 11.3 Å². The van der Waals surface area contributed by atoms with Gasteiger partial charge in [-0.15, -0.1) is 0 Å². The van der Waals surface area contributed by atoms with Crippen molar-refractivity contribution in [1.29, 1.82) is 0 Å². The number of carboxylic acid groups (broad SMARTS) is 1. The summed E-state index contributed by atoms with van der Waals surface area (Å²) in [6.07, 6.45) is 0. The Labute approximate surface area is 116 Å². The number of hydrogen-bond acceptors (Lipinski definition) is 3. The Balaban J connectivity index is 2.00. The summed E-state index contributed by atoms with van der Waals surface area (Å²) in [6, 6.07) is 12.9. The van der Waals surface area contributed by atoms with Gasteiger partial charge < -0.3 is 14.6 Å². The van der Waals surface area contributed by atoms with Crippen LogP contribution in [0.1, 0.15) is 24.0 Å². The Morgan fingerprint density at radius 1 is 1.15 bits per heavy atom. The van der Waals surface area contributed by atoms with Crippen molar-refractivity contribution in [2.45, 2.75) is 19.4 Å². The van der Waals surface area contributed by atoms with Crippen LogP contribution in [0.25, 0.3) is 0 Å². The number of ether oxygens (including phenoxy) is 2. The van der Waals surface area contributed by atoms with Crippen LogP contribution in [0, 0.1) is 0 Å². The molecule has 0 aliphatic carbocycles. The highest BCUT2D eigenvalue weighted by molar-refractivity contribution is 5.76. The van der Waals surface area contributed by atoms with Gasteiger partial charge in [0.2, 0.25) is 0 Å².